The Morgan fingerprint density at radius 2 is 1.11 bits per heavy atom. The molecule has 3 aliphatic rings. The van der Waals surface area contributed by atoms with Crippen LogP contribution in [0.4, 0.5) is 0 Å². The van der Waals surface area contributed by atoms with Gasteiger partial charge in [0.15, 0.2) is 0 Å². The highest BCUT2D eigenvalue weighted by Gasteiger charge is 2.31. The molecule has 2 heteroatoms. The predicted octanol–water partition coefficient (Wildman–Crippen LogP) is 3.27. The first kappa shape index (κ1) is 12.9. The van der Waals surface area contributed by atoms with Gasteiger partial charge in [0, 0.05) is 31.7 Å². The summed E-state index contributed by atoms with van der Waals surface area (Å²) in [5.74, 6) is 0. The first-order valence-corrected chi connectivity index (χ1v) is 8.41. The third kappa shape index (κ3) is 3.08. The van der Waals surface area contributed by atoms with Gasteiger partial charge in [0.1, 0.15) is 0 Å². The second-order valence-electron chi connectivity index (χ2n) is 6.68. The summed E-state index contributed by atoms with van der Waals surface area (Å²) in [6.45, 7) is 5.45. The Hall–Kier alpha value is -0.0800. The molecule has 2 saturated heterocycles. The number of hydrogen-bond donors (Lipinski definition) is 0. The van der Waals surface area contributed by atoms with Crippen molar-refractivity contribution in [2.24, 2.45) is 0 Å². The molecule has 2 heterocycles. The SMILES string of the molecule is C1CCCC(N2CCN3CCCCC3C2)CCC1. The van der Waals surface area contributed by atoms with E-state index in [1.165, 1.54) is 90.4 Å². The summed E-state index contributed by atoms with van der Waals surface area (Å²) in [6, 6.07) is 1.83. The van der Waals surface area contributed by atoms with E-state index in [1.807, 2.05) is 0 Å². The van der Waals surface area contributed by atoms with Crippen LogP contribution in [-0.2, 0) is 0 Å². The van der Waals surface area contributed by atoms with Gasteiger partial charge in [-0.1, -0.05) is 38.5 Å². The van der Waals surface area contributed by atoms with E-state index in [9.17, 15) is 0 Å². The third-order valence-corrected chi connectivity index (χ3v) is 5.46. The largest absolute Gasteiger partial charge is 0.298 e. The summed E-state index contributed by atoms with van der Waals surface area (Å²) < 4.78 is 0. The molecular formula is C16H30N2. The number of hydrogen-bond acceptors (Lipinski definition) is 2. The summed E-state index contributed by atoms with van der Waals surface area (Å²) in [7, 11) is 0. The van der Waals surface area contributed by atoms with Crippen molar-refractivity contribution in [3.63, 3.8) is 0 Å². The Labute approximate surface area is 113 Å². The van der Waals surface area contributed by atoms with Gasteiger partial charge in [-0.2, -0.15) is 0 Å². The smallest absolute Gasteiger partial charge is 0.0223 e. The van der Waals surface area contributed by atoms with Crippen molar-refractivity contribution in [1.82, 2.24) is 9.80 Å². The summed E-state index contributed by atoms with van der Waals surface area (Å²) >= 11 is 0. The molecule has 0 aromatic heterocycles. The second-order valence-corrected chi connectivity index (χ2v) is 6.68. The molecule has 0 spiro atoms. The van der Waals surface area contributed by atoms with Crippen molar-refractivity contribution in [2.75, 3.05) is 26.2 Å². The Morgan fingerprint density at radius 1 is 0.500 bits per heavy atom. The maximum atomic E-state index is 2.86. The van der Waals surface area contributed by atoms with Crippen LogP contribution in [0.3, 0.4) is 0 Å². The quantitative estimate of drug-likeness (QED) is 0.705. The van der Waals surface area contributed by atoms with Gasteiger partial charge >= 0.3 is 0 Å². The fourth-order valence-corrected chi connectivity index (χ4v) is 4.31. The zero-order chi connectivity index (χ0) is 12.2. The van der Waals surface area contributed by atoms with Gasteiger partial charge in [-0.05, 0) is 32.2 Å². The highest BCUT2D eigenvalue weighted by Crippen LogP contribution is 2.26. The first-order valence-electron chi connectivity index (χ1n) is 8.41. The van der Waals surface area contributed by atoms with Crippen LogP contribution < -0.4 is 0 Å². The molecule has 0 radical (unpaired) electrons. The number of rotatable bonds is 1. The van der Waals surface area contributed by atoms with Gasteiger partial charge in [-0.15, -0.1) is 0 Å². The third-order valence-electron chi connectivity index (χ3n) is 5.46. The van der Waals surface area contributed by atoms with Crippen molar-refractivity contribution in [2.45, 2.75) is 76.3 Å². The van der Waals surface area contributed by atoms with Crippen LogP contribution in [-0.4, -0.2) is 48.1 Å². The monoisotopic (exact) mass is 250 g/mol. The summed E-state index contributed by atoms with van der Waals surface area (Å²) in [5, 5.41) is 0. The molecule has 2 nitrogen and oxygen atoms in total. The first-order chi connectivity index (χ1) is 8.93. The zero-order valence-electron chi connectivity index (χ0n) is 11.9. The molecule has 1 unspecified atom stereocenters. The molecule has 1 aliphatic carbocycles. The normalized spacial score (nSPS) is 33.7. The molecule has 1 atom stereocenters. The van der Waals surface area contributed by atoms with E-state index < -0.39 is 0 Å². The molecule has 3 rings (SSSR count). The van der Waals surface area contributed by atoms with E-state index >= 15 is 0 Å². The molecular weight excluding hydrogens is 220 g/mol. The van der Waals surface area contributed by atoms with Crippen molar-refractivity contribution >= 4 is 0 Å². The van der Waals surface area contributed by atoms with E-state index in [0.717, 1.165) is 12.1 Å². The van der Waals surface area contributed by atoms with Gasteiger partial charge in [0.2, 0.25) is 0 Å². The molecule has 18 heavy (non-hydrogen) atoms. The molecule has 2 aliphatic heterocycles. The van der Waals surface area contributed by atoms with Gasteiger partial charge in [0.05, 0.1) is 0 Å². The van der Waals surface area contributed by atoms with Crippen LogP contribution >= 0.6 is 0 Å². The summed E-state index contributed by atoms with van der Waals surface area (Å²) in [6.07, 6.45) is 14.8. The lowest BCUT2D eigenvalue weighted by Gasteiger charge is -2.47. The lowest BCUT2D eigenvalue weighted by Crippen LogP contribution is -2.57. The Bertz CT molecular complexity index is 245. The zero-order valence-corrected chi connectivity index (χ0v) is 11.9. The minimum atomic E-state index is 0.901. The van der Waals surface area contributed by atoms with Crippen LogP contribution in [0.2, 0.25) is 0 Å². The van der Waals surface area contributed by atoms with E-state index in [2.05, 4.69) is 9.80 Å². The van der Waals surface area contributed by atoms with E-state index in [0.29, 0.717) is 0 Å². The number of piperidine rings is 1. The molecule has 0 aromatic rings. The topological polar surface area (TPSA) is 6.48 Å². The van der Waals surface area contributed by atoms with Crippen LogP contribution in [0.15, 0.2) is 0 Å². The van der Waals surface area contributed by atoms with Crippen LogP contribution in [0, 0.1) is 0 Å². The fraction of sp³-hybridized carbons (Fsp3) is 1.00. The van der Waals surface area contributed by atoms with Crippen LogP contribution in [0.25, 0.3) is 0 Å². The number of nitrogens with zero attached hydrogens (tertiary/aromatic N) is 2. The van der Waals surface area contributed by atoms with Gasteiger partial charge in [-0.3, -0.25) is 9.80 Å². The van der Waals surface area contributed by atoms with Gasteiger partial charge in [-0.25, -0.2) is 0 Å². The van der Waals surface area contributed by atoms with Crippen molar-refractivity contribution < 1.29 is 0 Å². The molecule has 0 N–H and O–H groups in total. The lowest BCUT2D eigenvalue weighted by molar-refractivity contribution is 0.0211. The maximum Gasteiger partial charge on any atom is 0.0223 e. The lowest BCUT2D eigenvalue weighted by atomic mass is 9.93. The standard InChI is InChI=1S/C16H30N2/c1-2-4-8-15(9-5-3-1)18-13-12-17-11-7-6-10-16(17)14-18/h15-16H,1-14H2. The Morgan fingerprint density at radius 3 is 1.94 bits per heavy atom. The molecule has 1 saturated carbocycles. The molecule has 104 valence electrons. The minimum absolute atomic E-state index is 0.901. The van der Waals surface area contributed by atoms with E-state index in [4.69, 9.17) is 0 Å². The second kappa shape index (κ2) is 6.38. The highest BCUT2D eigenvalue weighted by atomic mass is 15.3. The van der Waals surface area contributed by atoms with Crippen molar-refractivity contribution in [3.8, 4) is 0 Å². The molecule has 0 amide bonds. The average molecular weight is 250 g/mol. The number of piperazine rings is 1. The molecule has 0 bridgehead atoms. The predicted molar refractivity (Wildman–Crippen MR) is 76.9 cm³/mol. The van der Waals surface area contributed by atoms with E-state index in [-0.39, 0.29) is 0 Å². The average Bonchev–Trinajstić information content (AvgIpc) is 2.38. The van der Waals surface area contributed by atoms with E-state index in [1.54, 1.807) is 0 Å². The summed E-state index contributed by atoms with van der Waals surface area (Å²) in [5.41, 5.74) is 0. The van der Waals surface area contributed by atoms with Crippen molar-refractivity contribution in [3.05, 3.63) is 0 Å². The number of fused-ring (bicyclic) bond motifs is 1. The van der Waals surface area contributed by atoms with Crippen molar-refractivity contribution in [1.29, 1.82) is 0 Å². The van der Waals surface area contributed by atoms with Crippen LogP contribution in [0.5, 0.6) is 0 Å². The Balaban J connectivity index is 1.55. The fourth-order valence-electron chi connectivity index (χ4n) is 4.31. The Kier molecular flexibility index (Phi) is 4.58. The van der Waals surface area contributed by atoms with Gasteiger partial charge < -0.3 is 0 Å². The maximum absolute atomic E-state index is 2.86. The highest BCUT2D eigenvalue weighted by molar-refractivity contribution is 4.88. The summed E-state index contributed by atoms with van der Waals surface area (Å²) in [4.78, 5) is 5.63. The van der Waals surface area contributed by atoms with Crippen LogP contribution in [0.1, 0.15) is 64.2 Å². The van der Waals surface area contributed by atoms with Gasteiger partial charge in [0.25, 0.3) is 0 Å². The minimum Gasteiger partial charge on any atom is -0.298 e. The molecule has 3 fully saturated rings. The molecule has 0 aromatic carbocycles.